The monoisotopic (exact) mass is 300 g/mol. The summed E-state index contributed by atoms with van der Waals surface area (Å²) in [6.07, 6.45) is 0. The second-order valence-corrected chi connectivity index (χ2v) is 5.89. The van der Waals surface area contributed by atoms with Crippen molar-refractivity contribution < 1.29 is 18.3 Å². The minimum Gasteiger partial charge on any atom is -0.478 e. The van der Waals surface area contributed by atoms with Gasteiger partial charge in [-0.2, -0.15) is 0 Å². The van der Waals surface area contributed by atoms with Crippen molar-refractivity contribution in [3.05, 3.63) is 29.3 Å². The molecule has 0 atom stereocenters. The molecule has 0 aliphatic rings. The maximum atomic E-state index is 12.1. The summed E-state index contributed by atoms with van der Waals surface area (Å²) in [6, 6.07) is 3.51. The summed E-state index contributed by atoms with van der Waals surface area (Å²) in [5, 5.41) is 16.1. The van der Waals surface area contributed by atoms with Crippen LogP contribution in [0.5, 0.6) is 0 Å². The van der Waals surface area contributed by atoms with E-state index in [1.165, 1.54) is 11.6 Å². The maximum Gasteiger partial charge on any atom is 0.337 e. The van der Waals surface area contributed by atoms with Gasteiger partial charge in [0.25, 0.3) is 10.0 Å². The van der Waals surface area contributed by atoms with Crippen LogP contribution in [0.4, 0.5) is 10.8 Å². The molecule has 10 heteroatoms. The van der Waals surface area contributed by atoms with Crippen LogP contribution in [0.3, 0.4) is 0 Å². The molecular formula is C9H8N4O4S2. The summed E-state index contributed by atoms with van der Waals surface area (Å²) >= 11 is 0.977. The van der Waals surface area contributed by atoms with Gasteiger partial charge >= 0.3 is 5.97 Å². The van der Waals surface area contributed by atoms with Crippen molar-refractivity contribution in [3.63, 3.8) is 0 Å². The highest BCUT2D eigenvalue weighted by atomic mass is 32.2. The number of carboxylic acids is 1. The van der Waals surface area contributed by atoms with Crippen LogP contribution in [0, 0.1) is 0 Å². The molecule has 1 heterocycles. The number of carbonyl (C=O) groups is 1. The number of rotatable bonds is 4. The Bertz CT molecular complexity index is 712. The van der Waals surface area contributed by atoms with Crippen LogP contribution >= 0.6 is 11.3 Å². The molecule has 0 aliphatic heterocycles. The number of carboxylic acid groups (broad SMARTS) is 1. The first-order valence-electron chi connectivity index (χ1n) is 4.82. The van der Waals surface area contributed by atoms with Crippen molar-refractivity contribution >= 4 is 38.1 Å². The number of nitrogen functional groups attached to an aromatic ring is 1. The number of anilines is 2. The summed E-state index contributed by atoms with van der Waals surface area (Å²) in [4.78, 5) is 10.7. The molecule has 0 bridgehead atoms. The first-order chi connectivity index (χ1) is 8.90. The van der Waals surface area contributed by atoms with E-state index in [1.54, 1.807) is 0 Å². The Labute approximate surface area is 112 Å². The zero-order chi connectivity index (χ0) is 14.0. The van der Waals surface area contributed by atoms with E-state index in [4.69, 9.17) is 10.8 Å². The Morgan fingerprint density at radius 1 is 1.42 bits per heavy atom. The zero-order valence-corrected chi connectivity index (χ0v) is 10.9. The van der Waals surface area contributed by atoms with E-state index in [0.717, 1.165) is 23.5 Å². The predicted molar refractivity (Wildman–Crippen MR) is 68.5 cm³/mol. The first-order valence-corrected chi connectivity index (χ1v) is 7.18. The number of nitrogens with two attached hydrogens (primary N) is 1. The molecule has 0 fully saturated rings. The molecule has 1 aromatic carbocycles. The molecule has 0 saturated carbocycles. The number of aromatic carboxylic acids is 1. The maximum absolute atomic E-state index is 12.1. The Hall–Kier alpha value is -2.20. The standard InChI is InChI=1S/C9H8N4O4S2/c10-5-1-2-7(6(3-5)8(14)15)19(16,17)13-9-12-11-4-18-9/h1-4H,10H2,(H,12,13)(H,14,15). The van der Waals surface area contributed by atoms with E-state index in [2.05, 4.69) is 14.9 Å². The van der Waals surface area contributed by atoms with Crippen molar-refractivity contribution in [3.8, 4) is 0 Å². The molecule has 100 valence electrons. The molecule has 4 N–H and O–H groups in total. The van der Waals surface area contributed by atoms with Gasteiger partial charge in [0, 0.05) is 5.69 Å². The highest BCUT2D eigenvalue weighted by Crippen LogP contribution is 2.22. The quantitative estimate of drug-likeness (QED) is 0.704. The van der Waals surface area contributed by atoms with Crippen molar-refractivity contribution in [1.82, 2.24) is 10.2 Å². The smallest absolute Gasteiger partial charge is 0.337 e. The number of hydrogen-bond donors (Lipinski definition) is 3. The fourth-order valence-corrected chi connectivity index (χ4v) is 3.21. The van der Waals surface area contributed by atoms with Crippen LogP contribution in [-0.4, -0.2) is 29.7 Å². The van der Waals surface area contributed by atoms with E-state index < -0.39 is 21.6 Å². The lowest BCUT2D eigenvalue weighted by molar-refractivity contribution is 0.0692. The van der Waals surface area contributed by atoms with Crippen LogP contribution in [0.1, 0.15) is 10.4 Å². The van der Waals surface area contributed by atoms with Gasteiger partial charge in [0.2, 0.25) is 5.13 Å². The van der Waals surface area contributed by atoms with Gasteiger partial charge in [0.1, 0.15) is 10.4 Å². The molecule has 2 rings (SSSR count). The number of nitrogens with one attached hydrogen (secondary N) is 1. The van der Waals surface area contributed by atoms with Crippen LogP contribution in [-0.2, 0) is 10.0 Å². The average molecular weight is 300 g/mol. The molecule has 0 spiro atoms. The minimum atomic E-state index is -4.05. The Balaban J connectivity index is 2.49. The van der Waals surface area contributed by atoms with Crippen LogP contribution in [0.25, 0.3) is 0 Å². The van der Waals surface area contributed by atoms with Gasteiger partial charge in [-0.3, -0.25) is 4.72 Å². The SMILES string of the molecule is Nc1ccc(S(=O)(=O)Nc2nncs2)c(C(=O)O)c1. The molecular weight excluding hydrogens is 292 g/mol. The first kappa shape index (κ1) is 13.2. The third-order valence-electron chi connectivity index (χ3n) is 2.11. The molecule has 0 unspecified atom stereocenters. The van der Waals surface area contributed by atoms with Crippen LogP contribution in [0.2, 0.25) is 0 Å². The lowest BCUT2D eigenvalue weighted by Crippen LogP contribution is -2.17. The zero-order valence-electron chi connectivity index (χ0n) is 9.27. The van der Waals surface area contributed by atoms with Gasteiger partial charge in [-0.25, -0.2) is 13.2 Å². The summed E-state index contributed by atoms with van der Waals surface area (Å²) in [7, 11) is -4.05. The van der Waals surface area contributed by atoms with E-state index in [9.17, 15) is 13.2 Å². The van der Waals surface area contributed by atoms with Crippen molar-refractivity contribution in [2.45, 2.75) is 4.90 Å². The second-order valence-electron chi connectivity index (χ2n) is 3.41. The number of hydrogen-bond acceptors (Lipinski definition) is 7. The van der Waals surface area contributed by atoms with Crippen LogP contribution in [0.15, 0.2) is 28.6 Å². The molecule has 2 aromatic rings. The summed E-state index contributed by atoms with van der Waals surface area (Å²) in [6.45, 7) is 0. The topological polar surface area (TPSA) is 135 Å². The van der Waals surface area contributed by atoms with Gasteiger partial charge < -0.3 is 10.8 Å². The largest absolute Gasteiger partial charge is 0.478 e. The molecule has 19 heavy (non-hydrogen) atoms. The van der Waals surface area contributed by atoms with Gasteiger partial charge in [-0.15, -0.1) is 10.2 Å². The highest BCUT2D eigenvalue weighted by molar-refractivity contribution is 7.93. The Morgan fingerprint density at radius 3 is 2.74 bits per heavy atom. The molecule has 0 amide bonds. The predicted octanol–water partition coefficient (Wildman–Crippen LogP) is 0.619. The fourth-order valence-electron chi connectivity index (χ4n) is 1.34. The lowest BCUT2D eigenvalue weighted by atomic mass is 10.2. The number of nitrogens with zero attached hydrogens (tertiary/aromatic N) is 2. The van der Waals surface area contributed by atoms with Crippen molar-refractivity contribution in [2.24, 2.45) is 0 Å². The third kappa shape index (κ3) is 2.80. The Morgan fingerprint density at radius 2 is 2.16 bits per heavy atom. The van der Waals surface area contributed by atoms with Gasteiger partial charge in [0.15, 0.2) is 0 Å². The Kier molecular flexibility index (Phi) is 3.36. The summed E-state index contributed by atoms with van der Waals surface area (Å²) in [5.41, 5.74) is 6.55. The summed E-state index contributed by atoms with van der Waals surface area (Å²) < 4.78 is 26.3. The van der Waals surface area contributed by atoms with E-state index >= 15 is 0 Å². The average Bonchev–Trinajstić information content (AvgIpc) is 2.80. The van der Waals surface area contributed by atoms with Crippen LogP contribution < -0.4 is 10.5 Å². The van der Waals surface area contributed by atoms with E-state index in [0.29, 0.717) is 0 Å². The highest BCUT2D eigenvalue weighted by Gasteiger charge is 2.23. The minimum absolute atomic E-state index is 0.0492. The number of aromatic nitrogens is 2. The van der Waals surface area contributed by atoms with Gasteiger partial charge in [-0.05, 0) is 18.2 Å². The van der Waals surface area contributed by atoms with Gasteiger partial charge in [-0.1, -0.05) is 11.3 Å². The number of benzene rings is 1. The molecule has 1 aromatic heterocycles. The van der Waals surface area contributed by atoms with Gasteiger partial charge in [0.05, 0.1) is 5.56 Å². The third-order valence-corrected chi connectivity index (χ3v) is 4.24. The molecule has 8 nitrogen and oxygen atoms in total. The normalized spacial score (nSPS) is 11.2. The summed E-state index contributed by atoms with van der Waals surface area (Å²) in [5.74, 6) is -1.38. The fraction of sp³-hybridized carbons (Fsp3) is 0. The van der Waals surface area contributed by atoms with E-state index in [-0.39, 0.29) is 15.7 Å². The second kappa shape index (κ2) is 4.82. The molecule has 0 saturated heterocycles. The number of sulfonamides is 1. The van der Waals surface area contributed by atoms with Crippen molar-refractivity contribution in [2.75, 3.05) is 10.5 Å². The van der Waals surface area contributed by atoms with Crippen molar-refractivity contribution in [1.29, 1.82) is 0 Å². The molecule has 0 aliphatic carbocycles. The van der Waals surface area contributed by atoms with E-state index in [1.807, 2.05) is 0 Å². The molecule has 0 radical (unpaired) electrons. The lowest BCUT2D eigenvalue weighted by Gasteiger charge is -2.08.